The van der Waals surface area contributed by atoms with Gasteiger partial charge in [0.1, 0.15) is 5.82 Å². The van der Waals surface area contributed by atoms with Gasteiger partial charge in [-0.1, -0.05) is 18.2 Å². The number of rotatable bonds is 6. The maximum Gasteiger partial charge on any atom is 0.129 e. The lowest BCUT2D eigenvalue weighted by molar-refractivity contribution is 0.637. The average molecular weight is 283 g/mol. The summed E-state index contributed by atoms with van der Waals surface area (Å²) in [6.07, 6.45) is 2.75. The second-order valence-corrected chi connectivity index (χ2v) is 6.38. The van der Waals surface area contributed by atoms with Gasteiger partial charge in [0, 0.05) is 24.5 Å². The molecule has 0 aliphatic heterocycles. The van der Waals surface area contributed by atoms with Crippen LogP contribution in [0.15, 0.2) is 30.3 Å². The molecule has 21 heavy (non-hydrogen) atoms. The van der Waals surface area contributed by atoms with Crippen molar-refractivity contribution in [1.82, 2.24) is 10.3 Å². The van der Waals surface area contributed by atoms with E-state index in [1.54, 1.807) is 0 Å². The summed E-state index contributed by atoms with van der Waals surface area (Å²) in [6, 6.07) is 11.2. The van der Waals surface area contributed by atoms with E-state index in [1.165, 1.54) is 23.8 Å². The molecular formula is C18H25N3. The van der Waals surface area contributed by atoms with Crippen molar-refractivity contribution in [3.63, 3.8) is 0 Å². The zero-order valence-electron chi connectivity index (χ0n) is 13.3. The quantitative estimate of drug-likeness (QED) is 0.878. The van der Waals surface area contributed by atoms with Crippen LogP contribution in [0.4, 0.5) is 5.82 Å². The highest BCUT2D eigenvalue weighted by molar-refractivity contribution is 5.84. The van der Waals surface area contributed by atoms with Crippen molar-refractivity contribution in [2.75, 3.05) is 18.5 Å². The fourth-order valence-corrected chi connectivity index (χ4v) is 2.86. The Labute approximate surface area is 127 Å². The van der Waals surface area contributed by atoms with Gasteiger partial charge < -0.3 is 10.2 Å². The molecule has 0 saturated heterocycles. The summed E-state index contributed by atoms with van der Waals surface area (Å²) in [5.41, 5.74) is 2.43. The van der Waals surface area contributed by atoms with Gasteiger partial charge in [0.05, 0.1) is 5.52 Å². The number of aromatic nitrogens is 1. The fourth-order valence-electron chi connectivity index (χ4n) is 2.86. The third-order valence-corrected chi connectivity index (χ3v) is 4.22. The number of benzene rings is 1. The van der Waals surface area contributed by atoms with E-state index in [9.17, 15) is 0 Å². The lowest BCUT2D eigenvalue weighted by Gasteiger charge is -2.29. The molecule has 3 rings (SSSR count). The Balaban J connectivity index is 2.03. The van der Waals surface area contributed by atoms with E-state index in [-0.39, 0.29) is 0 Å². The van der Waals surface area contributed by atoms with E-state index in [1.807, 2.05) is 7.05 Å². The zero-order valence-corrected chi connectivity index (χ0v) is 13.3. The van der Waals surface area contributed by atoms with Gasteiger partial charge in [0.25, 0.3) is 0 Å². The number of anilines is 1. The number of hydrogen-bond donors (Lipinski definition) is 1. The molecule has 0 radical (unpaired) electrons. The van der Waals surface area contributed by atoms with Gasteiger partial charge in [-0.15, -0.1) is 0 Å². The Hall–Kier alpha value is -1.61. The Bertz CT molecular complexity index is 617. The second-order valence-electron chi connectivity index (χ2n) is 6.38. The molecule has 1 fully saturated rings. The number of hydrogen-bond acceptors (Lipinski definition) is 3. The highest BCUT2D eigenvalue weighted by Gasteiger charge is 2.26. The zero-order chi connectivity index (χ0) is 14.8. The van der Waals surface area contributed by atoms with Crippen LogP contribution in [0, 0.1) is 5.92 Å². The van der Waals surface area contributed by atoms with E-state index in [0.717, 1.165) is 30.3 Å². The van der Waals surface area contributed by atoms with Crippen LogP contribution < -0.4 is 10.2 Å². The average Bonchev–Trinajstić information content (AvgIpc) is 3.28. The van der Waals surface area contributed by atoms with Crippen LogP contribution in [-0.4, -0.2) is 24.6 Å². The number of nitrogens with one attached hydrogen (secondary N) is 1. The molecule has 0 amide bonds. The summed E-state index contributed by atoms with van der Waals surface area (Å²) >= 11 is 0. The molecule has 0 bridgehead atoms. The molecule has 1 N–H and O–H groups in total. The molecule has 0 unspecified atom stereocenters. The topological polar surface area (TPSA) is 28.2 Å². The van der Waals surface area contributed by atoms with Gasteiger partial charge in [-0.25, -0.2) is 4.98 Å². The molecular weight excluding hydrogens is 258 g/mol. The molecule has 112 valence electrons. The fraction of sp³-hybridized carbons (Fsp3) is 0.500. The summed E-state index contributed by atoms with van der Waals surface area (Å²) in [5, 5.41) is 4.53. The first-order chi connectivity index (χ1) is 10.2. The van der Waals surface area contributed by atoms with Crippen LogP contribution in [0.2, 0.25) is 0 Å². The minimum atomic E-state index is 0.488. The Morgan fingerprint density at radius 3 is 2.71 bits per heavy atom. The molecule has 1 saturated carbocycles. The molecule has 0 atom stereocenters. The van der Waals surface area contributed by atoms with Crippen LogP contribution in [0.1, 0.15) is 32.3 Å². The maximum atomic E-state index is 4.92. The molecule has 1 aromatic heterocycles. The molecule has 1 aromatic carbocycles. The van der Waals surface area contributed by atoms with E-state index in [4.69, 9.17) is 4.98 Å². The first kappa shape index (κ1) is 14.3. The Morgan fingerprint density at radius 1 is 1.29 bits per heavy atom. The third-order valence-electron chi connectivity index (χ3n) is 4.22. The van der Waals surface area contributed by atoms with E-state index in [0.29, 0.717) is 6.04 Å². The third kappa shape index (κ3) is 3.18. The molecule has 1 heterocycles. The summed E-state index contributed by atoms with van der Waals surface area (Å²) in [6.45, 7) is 6.54. The van der Waals surface area contributed by atoms with Crippen molar-refractivity contribution in [1.29, 1.82) is 0 Å². The SMILES string of the molecule is CNCc1cc(N(CC2CC2)C(C)C)nc2ccccc12. The summed E-state index contributed by atoms with van der Waals surface area (Å²) in [7, 11) is 2.00. The monoisotopic (exact) mass is 283 g/mol. The highest BCUT2D eigenvalue weighted by Crippen LogP contribution is 2.33. The minimum Gasteiger partial charge on any atom is -0.354 e. The normalized spacial score (nSPS) is 14.9. The van der Waals surface area contributed by atoms with Crippen LogP contribution in [0.5, 0.6) is 0 Å². The summed E-state index contributed by atoms with van der Waals surface area (Å²) in [4.78, 5) is 7.38. The predicted octanol–water partition coefficient (Wildman–Crippen LogP) is 3.58. The molecule has 3 heteroatoms. The molecule has 1 aliphatic rings. The van der Waals surface area contributed by atoms with Gasteiger partial charge in [-0.2, -0.15) is 0 Å². The van der Waals surface area contributed by atoms with Crippen molar-refractivity contribution in [2.45, 2.75) is 39.3 Å². The lowest BCUT2D eigenvalue weighted by Crippen LogP contribution is -2.33. The van der Waals surface area contributed by atoms with Crippen molar-refractivity contribution >= 4 is 16.7 Å². The minimum absolute atomic E-state index is 0.488. The molecule has 3 nitrogen and oxygen atoms in total. The van der Waals surface area contributed by atoms with E-state index in [2.05, 4.69) is 54.4 Å². The molecule has 1 aliphatic carbocycles. The number of pyridine rings is 1. The second kappa shape index (κ2) is 6.02. The lowest BCUT2D eigenvalue weighted by atomic mass is 10.1. The van der Waals surface area contributed by atoms with Crippen molar-refractivity contribution in [3.05, 3.63) is 35.9 Å². The van der Waals surface area contributed by atoms with Gasteiger partial charge in [-0.05, 0) is 57.4 Å². The van der Waals surface area contributed by atoms with Gasteiger partial charge >= 0.3 is 0 Å². The van der Waals surface area contributed by atoms with Crippen LogP contribution in [0.3, 0.4) is 0 Å². The van der Waals surface area contributed by atoms with Crippen molar-refractivity contribution in [3.8, 4) is 0 Å². The van der Waals surface area contributed by atoms with Crippen molar-refractivity contribution < 1.29 is 0 Å². The maximum absolute atomic E-state index is 4.92. The molecule has 0 spiro atoms. The summed E-state index contributed by atoms with van der Waals surface area (Å²) < 4.78 is 0. The van der Waals surface area contributed by atoms with Gasteiger partial charge in [0.2, 0.25) is 0 Å². The standard InChI is InChI=1S/C18H25N3/c1-13(2)21(12-14-8-9-14)18-10-15(11-19-3)16-6-4-5-7-17(16)20-18/h4-7,10,13-14,19H,8-9,11-12H2,1-3H3. The molecule has 2 aromatic rings. The first-order valence-electron chi connectivity index (χ1n) is 7.99. The van der Waals surface area contributed by atoms with Gasteiger partial charge in [0.15, 0.2) is 0 Å². The smallest absolute Gasteiger partial charge is 0.129 e. The van der Waals surface area contributed by atoms with Gasteiger partial charge in [-0.3, -0.25) is 0 Å². The highest BCUT2D eigenvalue weighted by atomic mass is 15.2. The first-order valence-corrected chi connectivity index (χ1v) is 7.99. The van der Waals surface area contributed by atoms with Crippen LogP contribution in [0.25, 0.3) is 10.9 Å². The summed E-state index contributed by atoms with van der Waals surface area (Å²) in [5.74, 6) is 1.99. The number of para-hydroxylation sites is 1. The van der Waals surface area contributed by atoms with Crippen molar-refractivity contribution in [2.24, 2.45) is 5.92 Å². The van der Waals surface area contributed by atoms with Crippen LogP contribution >= 0.6 is 0 Å². The van der Waals surface area contributed by atoms with E-state index >= 15 is 0 Å². The van der Waals surface area contributed by atoms with E-state index < -0.39 is 0 Å². The number of fused-ring (bicyclic) bond motifs is 1. The predicted molar refractivity (Wildman–Crippen MR) is 89.7 cm³/mol. The Morgan fingerprint density at radius 2 is 2.05 bits per heavy atom. The Kier molecular flexibility index (Phi) is 4.11. The van der Waals surface area contributed by atoms with Crippen LogP contribution in [-0.2, 0) is 6.54 Å². The number of nitrogens with zero attached hydrogens (tertiary/aromatic N) is 2. The largest absolute Gasteiger partial charge is 0.354 e.